The maximum atomic E-state index is 5.27. The van der Waals surface area contributed by atoms with Gasteiger partial charge in [0, 0.05) is 31.9 Å². The first-order chi connectivity index (χ1) is 29.0. The first-order valence-corrected chi connectivity index (χ1v) is 21.2. The molecule has 0 N–H and O–H groups in total. The molecule has 0 saturated carbocycles. The minimum atomic E-state index is -0.371. The van der Waals surface area contributed by atoms with Crippen LogP contribution < -0.4 is 0 Å². The van der Waals surface area contributed by atoms with E-state index >= 15 is 0 Å². The second-order valence-electron chi connectivity index (χ2n) is 16.5. The highest BCUT2D eigenvalue weighted by Crippen LogP contribution is 2.62. The van der Waals surface area contributed by atoms with Crippen LogP contribution in [-0.4, -0.2) is 9.97 Å². The summed E-state index contributed by atoms with van der Waals surface area (Å²) in [6.07, 6.45) is 0. The number of fused-ring (bicyclic) bond motifs is 12. The molecule has 1 spiro atoms. The molecule has 2 heterocycles. The molecule has 0 atom stereocenters. The molecule has 0 unspecified atom stereocenters. The summed E-state index contributed by atoms with van der Waals surface area (Å²) in [5, 5.41) is 0. The third-order valence-electron chi connectivity index (χ3n) is 13.0. The van der Waals surface area contributed by atoms with Crippen LogP contribution in [0.1, 0.15) is 47.2 Å². The fourth-order valence-electron chi connectivity index (χ4n) is 10.2. The monoisotopic (exact) mass is 770 g/mol. The lowest BCUT2D eigenvalue weighted by Crippen LogP contribution is -2.31. The normalized spacial score (nSPS) is 14.5. The summed E-state index contributed by atoms with van der Waals surface area (Å²) in [5.41, 5.74) is 20.3. The molecule has 1 aromatic heterocycles. The van der Waals surface area contributed by atoms with Crippen molar-refractivity contribution in [1.82, 2.24) is 9.97 Å². The minimum absolute atomic E-state index is 0.0961. The maximum Gasteiger partial charge on any atom is 0.160 e. The Kier molecular flexibility index (Phi) is 7.46. The first-order valence-electron chi connectivity index (χ1n) is 20.4. The molecule has 0 fully saturated rings. The van der Waals surface area contributed by atoms with Crippen LogP contribution in [-0.2, 0) is 10.8 Å². The SMILES string of the molecule is CC1(C)c2ccccc2-c2ccc(-c3cc(-c4ccccc4)nc(-c4ccc(-c5ccc6c(c5)Sc5ccccc5C65c6ccccc6-c6ccccc65)cc4)n3)cc21. The van der Waals surface area contributed by atoms with Crippen LogP contribution in [0, 0.1) is 0 Å². The van der Waals surface area contributed by atoms with Gasteiger partial charge >= 0.3 is 0 Å². The molecule has 59 heavy (non-hydrogen) atoms. The second kappa shape index (κ2) is 12.8. The number of nitrogens with zero attached hydrogens (tertiary/aromatic N) is 2. The van der Waals surface area contributed by atoms with E-state index in [1.807, 2.05) is 11.8 Å². The molecular weight excluding hydrogens is 733 g/mol. The topological polar surface area (TPSA) is 25.8 Å². The van der Waals surface area contributed by atoms with Crippen molar-refractivity contribution in [2.24, 2.45) is 0 Å². The average Bonchev–Trinajstić information content (AvgIpc) is 3.72. The van der Waals surface area contributed by atoms with E-state index in [-0.39, 0.29) is 10.8 Å². The van der Waals surface area contributed by atoms with Gasteiger partial charge in [-0.2, -0.15) is 0 Å². The van der Waals surface area contributed by atoms with E-state index in [0.29, 0.717) is 5.82 Å². The molecule has 9 aromatic rings. The van der Waals surface area contributed by atoms with Crippen LogP contribution >= 0.6 is 11.8 Å². The van der Waals surface area contributed by atoms with E-state index in [4.69, 9.17) is 9.97 Å². The van der Waals surface area contributed by atoms with Crippen LogP contribution in [0.4, 0.5) is 0 Å². The molecule has 0 amide bonds. The lowest BCUT2D eigenvalue weighted by Gasteiger charge is -2.39. The maximum absolute atomic E-state index is 5.27. The van der Waals surface area contributed by atoms with Crippen LogP contribution in [0.3, 0.4) is 0 Å². The molecule has 278 valence electrons. The quantitative estimate of drug-likeness (QED) is 0.178. The number of benzene rings is 8. The van der Waals surface area contributed by atoms with Gasteiger partial charge in [-0.1, -0.05) is 195 Å². The summed E-state index contributed by atoms with van der Waals surface area (Å²) in [5.74, 6) is 0.717. The predicted octanol–water partition coefficient (Wildman–Crippen LogP) is 14.3. The van der Waals surface area contributed by atoms with E-state index in [0.717, 1.165) is 33.6 Å². The van der Waals surface area contributed by atoms with Gasteiger partial charge in [-0.15, -0.1) is 0 Å². The third-order valence-corrected chi connectivity index (χ3v) is 14.1. The van der Waals surface area contributed by atoms with Gasteiger partial charge in [0.25, 0.3) is 0 Å². The molecule has 3 heteroatoms. The summed E-state index contributed by atoms with van der Waals surface area (Å²) in [6, 6.07) is 71.1. The Balaban J connectivity index is 0.947. The van der Waals surface area contributed by atoms with Crippen molar-refractivity contribution in [3.8, 4) is 67.3 Å². The Morgan fingerprint density at radius 3 is 1.56 bits per heavy atom. The van der Waals surface area contributed by atoms with Gasteiger partial charge in [-0.05, 0) is 91.0 Å². The highest BCUT2D eigenvalue weighted by Gasteiger charge is 2.50. The molecule has 8 aromatic carbocycles. The summed E-state index contributed by atoms with van der Waals surface area (Å²) >= 11 is 1.88. The zero-order valence-corrected chi connectivity index (χ0v) is 33.6. The van der Waals surface area contributed by atoms with Crippen molar-refractivity contribution in [2.75, 3.05) is 0 Å². The summed E-state index contributed by atoms with van der Waals surface area (Å²) < 4.78 is 0. The van der Waals surface area contributed by atoms with Crippen molar-refractivity contribution in [3.05, 3.63) is 228 Å². The molecular formula is C56H38N2S. The van der Waals surface area contributed by atoms with Crippen molar-refractivity contribution in [3.63, 3.8) is 0 Å². The fraction of sp³-hybridized carbons (Fsp3) is 0.0714. The standard InChI is InChI=1S/C56H38N2S/c1-55(2)44-19-9-6-16-40(44)43-30-28-39(32-49(43)55)51-34-50(36-14-4-3-5-15-36)57-54(58-51)37-26-24-35(25-27-37)38-29-31-48-53(33-38)59-52-23-13-12-22-47(52)56(48)45-20-10-7-17-41(45)42-18-8-11-21-46(42)56/h3-34H,1-2H3. The average molecular weight is 771 g/mol. The molecule has 2 aliphatic carbocycles. The van der Waals surface area contributed by atoms with Gasteiger partial charge < -0.3 is 0 Å². The molecule has 3 aliphatic rings. The second-order valence-corrected chi connectivity index (χ2v) is 17.6. The Morgan fingerprint density at radius 2 is 0.847 bits per heavy atom. The fourth-order valence-corrected chi connectivity index (χ4v) is 11.4. The zero-order chi connectivity index (χ0) is 39.3. The molecule has 0 saturated heterocycles. The van der Waals surface area contributed by atoms with E-state index in [9.17, 15) is 0 Å². The van der Waals surface area contributed by atoms with Gasteiger partial charge in [0.15, 0.2) is 5.82 Å². The van der Waals surface area contributed by atoms with Crippen LogP contribution in [0.2, 0.25) is 0 Å². The lowest BCUT2D eigenvalue weighted by atomic mass is 9.67. The zero-order valence-electron chi connectivity index (χ0n) is 32.8. The molecule has 1 aliphatic heterocycles. The summed E-state index contributed by atoms with van der Waals surface area (Å²) in [6.45, 7) is 4.66. The molecule has 2 nitrogen and oxygen atoms in total. The molecule has 0 radical (unpaired) electrons. The van der Waals surface area contributed by atoms with Gasteiger partial charge in [0.1, 0.15) is 0 Å². The highest BCUT2D eigenvalue weighted by molar-refractivity contribution is 7.99. The largest absolute Gasteiger partial charge is 0.228 e. The van der Waals surface area contributed by atoms with Crippen molar-refractivity contribution < 1.29 is 0 Å². The van der Waals surface area contributed by atoms with E-state index in [1.54, 1.807) is 0 Å². The van der Waals surface area contributed by atoms with Crippen molar-refractivity contribution in [1.29, 1.82) is 0 Å². The van der Waals surface area contributed by atoms with Crippen LogP contribution in [0.25, 0.3) is 67.3 Å². The summed E-state index contributed by atoms with van der Waals surface area (Å²) in [4.78, 5) is 13.0. The number of aromatic nitrogens is 2. The Morgan fingerprint density at radius 1 is 0.339 bits per heavy atom. The van der Waals surface area contributed by atoms with Gasteiger partial charge in [-0.3, -0.25) is 0 Å². The Hall–Kier alpha value is -6.81. The van der Waals surface area contributed by atoms with Crippen molar-refractivity contribution >= 4 is 11.8 Å². The van der Waals surface area contributed by atoms with E-state index in [2.05, 4.69) is 208 Å². The van der Waals surface area contributed by atoms with Gasteiger partial charge in [0.05, 0.1) is 16.8 Å². The number of rotatable bonds is 4. The van der Waals surface area contributed by atoms with E-state index in [1.165, 1.54) is 71.0 Å². The molecule has 0 bridgehead atoms. The molecule has 12 rings (SSSR count). The van der Waals surface area contributed by atoms with Gasteiger partial charge in [0.2, 0.25) is 0 Å². The Labute approximate surface area is 349 Å². The van der Waals surface area contributed by atoms with Crippen LogP contribution in [0.5, 0.6) is 0 Å². The lowest BCUT2D eigenvalue weighted by molar-refractivity contribution is 0.660. The predicted molar refractivity (Wildman–Crippen MR) is 243 cm³/mol. The highest BCUT2D eigenvalue weighted by atomic mass is 32.2. The van der Waals surface area contributed by atoms with Crippen molar-refractivity contribution in [2.45, 2.75) is 34.5 Å². The summed E-state index contributed by atoms with van der Waals surface area (Å²) in [7, 11) is 0. The third kappa shape index (κ3) is 5.01. The minimum Gasteiger partial charge on any atom is -0.228 e. The smallest absolute Gasteiger partial charge is 0.160 e. The van der Waals surface area contributed by atoms with Gasteiger partial charge in [-0.25, -0.2) is 9.97 Å². The number of hydrogen-bond acceptors (Lipinski definition) is 3. The van der Waals surface area contributed by atoms with E-state index < -0.39 is 0 Å². The first kappa shape index (κ1) is 34.3. The number of hydrogen-bond donors (Lipinski definition) is 0. The Bertz CT molecular complexity index is 3120. The van der Waals surface area contributed by atoms with Crippen LogP contribution in [0.15, 0.2) is 204 Å².